The molecule has 1 fully saturated rings. The molecule has 0 N–H and O–H groups in total. The largest absolute Gasteiger partial charge is 0.491 e. The van der Waals surface area contributed by atoms with Gasteiger partial charge in [0.05, 0.1) is 35.0 Å². The van der Waals surface area contributed by atoms with Crippen molar-refractivity contribution in [1.82, 2.24) is 15.0 Å². The maximum absolute atomic E-state index is 15.1. The second-order valence-corrected chi connectivity index (χ2v) is 10.1. The molecule has 1 saturated heterocycles. The Labute approximate surface area is 196 Å². The molecule has 4 rings (SSSR count). The predicted octanol–water partition coefficient (Wildman–Crippen LogP) is 3.26. The average Bonchev–Trinajstić information content (AvgIpc) is 2.80. The molecule has 11 heteroatoms. The van der Waals surface area contributed by atoms with E-state index in [0.29, 0.717) is 59.8 Å². The predicted molar refractivity (Wildman–Crippen MR) is 124 cm³/mol. The number of ether oxygens (including phenoxy) is 2. The van der Waals surface area contributed by atoms with Gasteiger partial charge in [-0.3, -0.25) is 4.98 Å². The molecule has 2 aromatic heterocycles. The molecule has 33 heavy (non-hydrogen) atoms. The zero-order chi connectivity index (χ0) is 23.4. The first-order chi connectivity index (χ1) is 15.9. The van der Waals surface area contributed by atoms with Crippen molar-refractivity contribution in [2.75, 3.05) is 49.8 Å². The molecule has 1 aromatic carbocycles. The molecule has 174 valence electrons. The third-order valence-electron chi connectivity index (χ3n) is 5.21. The number of nitrogens with zero attached hydrogens (tertiary/aromatic N) is 4. The van der Waals surface area contributed by atoms with Crippen LogP contribution >= 0.6 is 11.6 Å². The Kier molecular flexibility index (Phi) is 7.06. The molecule has 1 aliphatic heterocycles. The summed E-state index contributed by atoms with van der Waals surface area (Å²) >= 11 is 6.38. The third kappa shape index (κ3) is 5.40. The maximum Gasteiger partial charge on any atom is 0.153 e. The molecule has 0 saturated carbocycles. The van der Waals surface area contributed by atoms with Crippen molar-refractivity contribution in [2.45, 2.75) is 0 Å². The highest BCUT2D eigenvalue weighted by Crippen LogP contribution is 2.36. The van der Waals surface area contributed by atoms with E-state index in [1.54, 1.807) is 31.5 Å². The summed E-state index contributed by atoms with van der Waals surface area (Å²) in [5.41, 5.74) is 1.45. The minimum absolute atomic E-state index is 0.0426. The quantitative estimate of drug-likeness (QED) is 0.464. The van der Waals surface area contributed by atoms with Crippen LogP contribution in [-0.4, -0.2) is 68.3 Å². The van der Waals surface area contributed by atoms with Crippen LogP contribution in [0.1, 0.15) is 0 Å². The van der Waals surface area contributed by atoms with Crippen LogP contribution in [0.5, 0.6) is 5.75 Å². The van der Waals surface area contributed by atoms with Crippen LogP contribution in [0.25, 0.3) is 22.5 Å². The van der Waals surface area contributed by atoms with Crippen LogP contribution in [0.4, 0.5) is 10.2 Å². The first kappa shape index (κ1) is 23.3. The van der Waals surface area contributed by atoms with Crippen LogP contribution in [0, 0.1) is 5.82 Å². The first-order valence-corrected chi connectivity index (χ1v) is 12.4. The van der Waals surface area contributed by atoms with Crippen molar-refractivity contribution >= 4 is 27.3 Å². The number of pyridine rings is 1. The van der Waals surface area contributed by atoms with Gasteiger partial charge in [-0.25, -0.2) is 22.8 Å². The summed E-state index contributed by atoms with van der Waals surface area (Å²) in [6, 6.07) is 6.19. The minimum atomic E-state index is -3.05. The van der Waals surface area contributed by atoms with Crippen LogP contribution in [0.2, 0.25) is 5.02 Å². The lowest BCUT2D eigenvalue weighted by molar-refractivity contribution is 0.146. The molecule has 3 aromatic rings. The number of rotatable bonds is 7. The Hall–Kier alpha value is -2.82. The van der Waals surface area contributed by atoms with E-state index in [2.05, 4.69) is 9.97 Å². The number of aromatic nitrogens is 3. The van der Waals surface area contributed by atoms with Gasteiger partial charge in [-0.1, -0.05) is 11.6 Å². The fraction of sp³-hybridized carbons (Fsp3) is 0.318. The van der Waals surface area contributed by atoms with E-state index < -0.39 is 15.7 Å². The molecule has 0 bridgehead atoms. The number of hydrogen-bond acceptors (Lipinski definition) is 8. The number of halogens is 2. The van der Waals surface area contributed by atoms with Crippen molar-refractivity contribution in [3.05, 3.63) is 53.7 Å². The van der Waals surface area contributed by atoms with Gasteiger partial charge < -0.3 is 14.4 Å². The topological polar surface area (TPSA) is 94.5 Å². The van der Waals surface area contributed by atoms with Crippen LogP contribution in [-0.2, 0) is 14.6 Å². The third-order valence-corrected chi connectivity index (χ3v) is 7.12. The van der Waals surface area contributed by atoms with Gasteiger partial charge in [0.2, 0.25) is 0 Å². The molecule has 0 radical (unpaired) electrons. The fourth-order valence-corrected chi connectivity index (χ4v) is 4.86. The van der Waals surface area contributed by atoms with E-state index in [1.165, 1.54) is 18.5 Å². The van der Waals surface area contributed by atoms with Crippen LogP contribution < -0.4 is 9.64 Å². The summed E-state index contributed by atoms with van der Waals surface area (Å²) in [6.45, 7) is 1.30. The molecule has 0 amide bonds. The van der Waals surface area contributed by atoms with E-state index in [-0.39, 0.29) is 17.1 Å². The summed E-state index contributed by atoms with van der Waals surface area (Å²) < 4.78 is 49.1. The molecular weight excluding hydrogens is 471 g/mol. The maximum atomic E-state index is 15.1. The average molecular weight is 493 g/mol. The van der Waals surface area contributed by atoms with Crippen molar-refractivity contribution in [3.8, 4) is 28.3 Å². The van der Waals surface area contributed by atoms with Gasteiger partial charge in [0, 0.05) is 49.8 Å². The SMILES string of the molecule is COCCOc1ccc(-c2ncc(N3CCS(=O)(=O)CC3)nc2-c2ccncc2Cl)c(F)c1. The summed E-state index contributed by atoms with van der Waals surface area (Å²) in [7, 11) is -1.49. The van der Waals surface area contributed by atoms with Gasteiger partial charge in [-0.05, 0) is 18.2 Å². The number of anilines is 1. The second kappa shape index (κ2) is 9.98. The highest BCUT2D eigenvalue weighted by Gasteiger charge is 2.25. The first-order valence-electron chi connectivity index (χ1n) is 10.2. The highest BCUT2D eigenvalue weighted by molar-refractivity contribution is 7.91. The van der Waals surface area contributed by atoms with E-state index in [1.807, 2.05) is 4.90 Å². The van der Waals surface area contributed by atoms with Crippen molar-refractivity contribution < 1.29 is 22.3 Å². The number of sulfone groups is 1. The molecule has 0 atom stereocenters. The lowest BCUT2D eigenvalue weighted by atomic mass is 10.0. The summed E-state index contributed by atoms with van der Waals surface area (Å²) in [4.78, 5) is 15.1. The minimum Gasteiger partial charge on any atom is -0.491 e. The Balaban J connectivity index is 1.74. The zero-order valence-electron chi connectivity index (χ0n) is 17.9. The fourth-order valence-electron chi connectivity index (χ4n) is 3.45. The second-order valence-electron chi connectivity index (χ2n) is 7.40. The molecule has 1 aliphatic rings. The molecule has 0 spiro atoms. The zero-order valence-corrected chi connectivity index (χ0v) is 19.4. The summed E-state index contributed by atoms with van der Waals surface area (Å²) in [5, 5.41) is 0.339. The van der Waals surface area contributed by atoms with E-state index in [0.717, 1.165) is 0 Å². The van der Waals surface area contributed by atoms with Crippen molar-refractivity contribution in [3.63, 3.8) is 0 Å². The lowest BCUT2D eigenvalue weighted by Gasteiger charge is -2.28. The van der Waals surface area contributed by atoms with E-state index in [4.69, 9.17) is 26.1 Å². The molecule has 0 unspecified atom stereocenters. The van der Waals surface area contributed by atoms with E-state index in [9.17, 15) is 8.42 Å². The van der Waals surface area contributed by atoms with Gasteiger partial charge in [0.1, 0.15) is 29.7 Å². The molecule has 3 heterocycles. The Morgan fingerprint density at radius 3 is 2.58 bits per heavy atom. The molecule has 0 aliphatic carbocycles. The van der Waals surface area contributed by atoms with Gasteiger partial charge in [0.25, 0.3) is 0 Å². The molecular formula is C22H22ClFN4O4S. The van der Waals surface area contributed by atoms with Gasteiger partial charge in [-0.15, -0.1) is 0 Å². The van der Waals surface area contributed by atoms with Crippen molar-refractivity contribution in [2.24, 2.45) is 0 Å². The van der Waals surface area contributed by atoms with Crippen LogP contribution in [0.15, 0.2) is 42.9 Å². The lowest BCUT2D eigenvalue weighted by Crippen LogP contribution is -2.40. The van der Waals surface area contributed by atoms with Crippen molar-refractivity contribution in [1.29, 1.82) is 0 Å². The smallest absolute Gasteiger partial charge is 0.153 e. The monoisotopic (exact) mass is 492 g/mol. The van der Waals surface area contributed by atoms with Crippen LogP contribution in [0.3, 0.4) is 0 Å². The summed E-state index contributed by atoms with van der Waals surface area (Å²) in [5.74, 6) is 0.428. The van der Waals surface area contributed by atoms with Gasteiger partial charge >= 0.3 is 0 Å². The Bertz CT molecular complexity index is 1240. The van der Waals surface area contributed by atoms with Gasteiger partial charge in [-0.2, -0.15) is 0 Å². The molecule has 8 nitrogen and oxygen atoms in total. The number of methoxy groups -OCH3 is 1. The highest BCUT2D eigenvalue weighted by atomic mass is 35.5. The summed E-state index contributed by atoms with van der Waals surface area (Å²) in [6.07, 6.45) is 4.57. The normalized spacial score (nSPS) is 15.4. The number of hydrogen-bond donors (Lipinski definition) is 0. The van der Waals surface area contributed by atoms with Gasteiger partial charge in [0.15, 0.2) is 9.84 Å². The standard InChI is InChI=1S/C22H22ClFN4O4S/c1-31-8-9-32-15-2-3-17(19(24)12-15)21-22(16-4-5-25-13-18(16)23)27-20(14-26-21)28-6-10-33(29,30)11-7-28/h2-5,12-14H,6-11H2,1H3. The Morgan fingerprint density at radius 2 is 1.88 bits per heavy atom. The Morgan fingerprint density at radius 1 is 1.09 bits per heavy atom. The van der Waals surface area contributed by atoms with E-state index >= 15 is 4.39 Å². The number of benzene rings is 1.